The second kappa shape index (κ2) is 2.47. The van der Waals surface area contributed by atoms with Crippen molar-refractivity contribution in [2.45, 2.75) is 0 Å². The topological polar surface area (TPSA) is 66.0 Å². The van der Waals surface area contributed by atoms with Crippen LogP contribution in [0.3, 0.4) is 0 Å². The van der Waals surface area contributed by atoms with Gasteiger partial charge >= 0.3 is 6.09 Å². The van der Waals surface area contributed by atoms with E-state index >= 15 is 0 Å². The van der Waals surface area contributed by atoms with Crippen LogP contribution in [0.25, 0.3) is 0 Å². The SMILES string of the molecule is CNC(=O)O[NH3+]. The molecule has 0 aromatic heterocycles. The van der Waals surface area contributed by atoms with Crippen molar-refractivity contribution in [3.05, 3.63) is 0 Å². The van der Waals surface area contributed by atoms with E-state index in [4.69, 9.17) is 0 Å². The zero-order valence-electron chi connectivity index (χ0n) is 3.52. The van der Waals surface area contributed by atoms with E-state index < -0.39 is 6.09 Å². The molecule has 0 atom stereocenters. The van der Waals surface area contributed by atoms with Crippen molar-refractivity contribution in [2.24, 2.45) is 0 Å². The van der Waals surface area contributed by atoms with Crippen molar-refractivity contribution in [3.63, 3.8) is 0 Å². The number of amides is 1. The van der Waals surface area contributed by atoms with Gasteiger partial charge in [-0.3, -0.25) is 4.84 Å². The van der Waals surface area contributed by atoms with Crippen LogP contribution in [-0.2, 0) is 4.84 Å². The molecule has 0 aliphatic rings. The molecule has 4 nitrogen and oxygen atoms in total. The first-order chi connectivity index (χ1) is 2.81. The Balaban J connectivity index is 2.99. The van der Waals surface area contributed by atoms with Gasteiger partial charge in [0.25, 0.3) is 0 Å². The third-order valence-electron chi connectivity index (χ3n) is 0.335. The highest BCUT2D eigenvalue weighted by Gasteiger charge is 1.90. The van der Waals surface area contributed by atoms with Crippen LogP contribution in [-0.4, -0.2) is 13.1 Å². The van der Waals surface area contributed by atoms with Gasteiger partial charge in [0.15, 0.2) is 0 Å². The summed E-state index contributed by atoms with van der Waals surface area (Å²) in [5.74, 6) is 2.84. The summed E-state index contributed by atoms with van der Waals surface area (Å²) in [7, 11) is 1.47. The maximum atomic E-state index is 9.78. The van der Waals surface area contributed by atoms with E-state index in [2.05, 4.69) is 16.1 Å². The maximum absolute atomic E-state index is 9.78. The van der Waals surface area contributed by atoms with Crippen LogP contribution >= 0.6 is 0 Å². The van der Waals surface area contributed by atoms with Gasteiger partial charge in [0.05, 0.1) is 0 Å². The third-order valence-corrected chi connectivity index (χ3v) is 0.335. The molecule has 4 N–H and O–H groups in total. The number of nitrogens with one attached hydrogen (secondary N) is 1. The summed E-state index contributed by atoms with van der Waals surface area (Å²) in [6.07, 6.45) is -0.519. The summed E-state index contributed by atoms with van der Waals surface area (Å²) in [5, 5.41) is 2.19. The molecule has 0 radical (unpaired) electrons. The van der Waals surface area contributed by atoms with E-state index in [0.29, 0.717) is 0 Å². The first kappa shape index (κ1) is 5.23. The lowest BCUT2D eigenvalue weighted by Gasteiger charge is -1.85. The highest BCUT2D eigenvalue weighted by Crippen LogP contribution is 1.55. The normalized spacial score (nSPS) is 7.00. The van der Waals surface area contributed by atoms with E-state index in [0.717, 1.165) is 0 Å². The Morgan fingerprint density at radius 2 is 2.50 bits per heavy atom. The van der Waals surface area contributed by atoms with Crippen molar-refractivity contribution >= 4 is 6.09 Å². The summed E-state index contributed by atoms with van der Waals surface area (Å²) in [4.78, 5) is 13.7. The molecule has 0 saturated heterocycles. The maximum Gasteiger partial charge on any atom is 0.461 e. The molecule has 0 rings (SSSR count). The first-order valence-electron chi connectivity index (χ1n) is 1.45. The molecule has 0 aromatic rings. The average molecular weight is 91.1 g/mol. The van der Waals surface area contributed by atoms with Gasteiger partial charge < -0.3 is 5.32 Å². The minimum absolute atomic E-state index is 0.519. The smallest absolute Gasteiger partial charge is 0.320 e. The van der Waals surface area contributed by atoms with Crippen LogP contribution < -0.4 is 11.2 Å². The van der Waals surface area contributed by atoms with E-state index in [1.54, 1.807) is 0 Å². The van der Waals surface area contributed by atoms with Crippen molar-refractivity contribution in [1.29, 1.82) is 0 Å². The molecule has 0 aliphatic heterocycles. The van der Waals surface area contributed by atoms with Crippen molar-refractivity contribution in [1.82, 2.24) is 5.32 Å². The molecule has 0 heterocycles. The molecule has 0 saturated carbocycles. The zero-order valence-corrected chi connectivity index (χ0v) is 3.52. The Morgan fingerprint density at radius 3 is 2.50 bits per heavy atom. The minimum Gasteiger partial charge on any atom is -0.320 e. The molecule has 1 amide bonds. The molecule has 0 fully saturated rings. The van der Waals surface area contributed by atoms with Crippen LogP contribution in [0.4, 0.5) is 4.79 Å². The van der Waals surface area contributed by atoms with Gasteiger partial charge in [0, 0.05) is 7.05 Å². The number of hydrogen-bond acceptors (Lipinski definition) is 2. The fourth-order valence-corrected chi connectivity index (χ4v) is 0.0722. The lowest BCUT2D eigenvalue weighted by molar-refractivity contribution is -0.654. The molecular formula is C2H7N2O2+. The Kier molecular flexibility index (Phi) is 2.15. The molecule has 4 heteroatoms. The van der Waals surface area contributed by atoms with Crippen LogP contribution in [0, 0.1) is 0 Å². The molecule has 0 aliphatic carbocycles. The fourth-order valence-electron chi connectivity index (χ4n) is 0.0722. The Bertz CT molecular complexity index is 47.5. The second-order valence-corrected chi connectivity index (χ2v) is 0.682. The monoisotopic (exact) mass is 91.1 g/mol. The fraction of sp³-hybridized carbons (Fsp3) is 0.500. The predicted molar refractivity (Wildman–Crippen MR) is 18.4 cm³/mol. The van der Waals surface area contributed by atoms with Gasteiger partial charge in [-0.15, -0.1) is 0 Å². The van der Waals surface area contributed by atoms with Gasteiger partial charge in [-0.05, 0) is 0 Å². The largest absolute Gasteiger partial charge is 0.461 e. The standard InChI is InChI=1S/C2H6N2O2/c1-4-2(5)6-3/h1,3H3/p+1. The zero-order chi connectivity index (χ0) is 4.99. The number of hydrogen-bond donors (Lipinski definition) is 2. The first-order valence-corrected chi connectivity index (χ1v) is 1.45. The highest BCUT2D eigenvalue weighted by molar-refractivity contribution is 5.65. The summed E-state index contributed by atoms with van der Waals surface area (Å²) >= 11 is 0. The quantitative estimate of drug-likeness (QED) is 0.356. The number of carbonyl (C=O) groups excluding carboxylic acids is 1. The van der Waals surface area contributed by atoms with Gasteiger partial charge in [-0.25, -0.2) is 4.79 Å². The molecule has 0 aromatic carbocycles. The lowest BCUT2D eigenvalue weighted by Crippen LogP contribution is -2.53. The van der Waals surface area contributed by atoms with E-state index in [9.17, 15) is 4.79 Å². The molecular weight excluding hydrogens is 84.0 g/mol. The number of carbonyl (C=O) groups is 1. The molecule has 6 heavy (non-hydrogen) atoms. The average Bonchev–Trinajstić information content (AvgIpc) is 1.65. The van der Waals surface area contributed by atoms with Crippen LogP contribution in [0.2, 0.25) is 0 Å². The number of quaternary nitrogens is 1. The molecule has 36 valence electrons. The van der Waals surface area contributed by atoms with E-state index in [-0.39, 0.29) is 0 Å². The van der Waals surface area contributed by atoms with E-state index in [1.807, 2.05) is 0 Å². The third kappa shape index (κ3) is 1.54. The van der Waals surface area contributed by atoms with Crippen LogP contribution in [0.15, 0.2) is 0 Å². The highest BCUT2D eigenvalue weighted by atomic mass is 16.7. The predicted octanol–water partition coefficient (Wildman–Crippen LogP) is -1.50. The molecule has 0 bridgehead atoms. The molecule has 0 spiro atoms. The van der Waals surface area contributed by atoms with Crippen LogP contribution in [0.1, 0.15) is 0 Å². The van der Waals surface area contributed by atoms with Crippen molar-refractivity contribution in [3.8, 4) is 0 Å². The van der Waals surface area contributed by atoms with Gasteiger partial charge in [0.2, 0.25) is 0 Å². The van der Waals surface area contributed by atoms with Crippen molar-refractivity contribution < 1.29 is 15.5 Å². The Hall–Kier alpha value is -0.770. The summed E-state index contributed by atoms with van der Waals surface area (Å²) in [6.45, 7) is 0. The summed E-state index contributed by atoms with van der Waals surface area (Å²) < 4.78 is 0. The Labute approximate surface area is 35.2 Å². The summed E-state index contributed by atoms with van der Waals surface area (Å²) in [6, 6.07) is 0. The lowest BCUT2D eigenvalue weighted by atomic mass is 11.1. The number of rotatable bonds is 0. The molecule has 0 unspecified atom stereocenters. The van der Waals surface area contributed by atoms with E-state index in [1.165, 1.54) is 7.05 Å². The minimum atomic E-state index is -0.519. The van der Waals surface area contributed by atoms with Gasteiger partial charge in [-0.2, -0.15) is 5.90 Å². The van der Waals surface area contributed by atoms with Crippen molar-refractivity contribution in [2.75, 3.05) is 7.05 Å². The summed E-state index contributed by atoms with van der Waals surface area (Å²) in [5.41, 5.74) is 0. The Morgan fingerprint density at radius 1 is 2.00 bits per heavy atom. The van der Waals surface area contributed by atoms with Crippen LogP contribution in [0.5, 0.6) is 0 Å². The second-order valence-electron chi connectivity index (χ2n) is 0.682. The van der Waals surface area contributed by atoms with Gasteiger partial charge in [0.1, 0.15) is 0 Å². The van der Waals surface area contributed by atoms with Gasteiger partial charge in [-0.1, -0.05) is 0 Å².